The molecule has 1 unspecified atom stereocenters. The molecular formula is C13H19NO2S. The molecule has 2 rings (SSSR count). The third-order valence-corrected chi connectivity index (χ3v) is 4.54. The van der Waals surface area contributed by atoms with Crippen LogP contribution in [-0.4, -0.2) is 16.1 Å². The molecule has 4 heteroatoms. The van der Waals surface area contributed by atoms with E-state index in [4.69, 9.17) is 5.11 Å². The maximum absolute atomic E-state index is 11.1. The Labute approximate surface area is 106 Å². The number of hydrogen-bond donors (Lipinski definition) is 1. The predicted molar refractivity (Wildman–Crippen MR) is 68.6 cm³/mol. The molecule has 1 N–H and O–H groups in total. The summed E-state index contributed by atoms with van der Waals surface area (Å²) in [5, 5.41) is 12.0. The van der Waals surface area contributed by atoms with Crippen LogP contribution in [0, 0.1) is 0 Å². The number of nitrogens with zero attached hydrogens (tertiary/aromatic N) is 1. The summed E-state index contributed by atoms with van der Waals surface area (Å²) in [6.45, 7) is 1.90. The van der Waals surface area contributed by atoms with Gasteiger partial charge in [0.15, 0.2) is 0 Å². The van der Waals surface area contributed by atoms with Gasteiger partial charge in [0.2, 0.25) is 0 Å². The van der Waals surface area contributed by atoms with Crippen LogP contribution in [0.5, 0.6) is 0 Å². The first-order chi connectivity index (χ1) is 8.22. The molecule has 1 heterocycles. The molecule has 0 saturated heterocycles. The standard InChI is InChI=1S/C13H19NO2S/c1-2-10(13(15)16)12-14-11(8-17-12)9-6-4-3-5-7-9/h8-10H,2-7H2,1H3,(H,15,16). The van der Waals surface area contributed by atoms with Crippen molar-refractivity contribution in [3.8, 4) is 0 Å². The van der Waals surface area contributed by atoms with Gasteiger partial charge in [-0.3, -0.25) is 4.79 Å². The van der Waals surface area contributed by atoms with E-state index in [2.05, 4.69) is 10.4 Å². The fourth-order valence-corrected chi connectivity index (χ4v) is 3.58. The van der Waals surface area contributed by atoms with Gasteiger partial charge in [-0.2, -0.15) is 0 Å². The molecule has 1 aromatic rings. The van der Waals surface area contributed by atoms with E-state index in [9.17, 15) is 4.79 Å². The normalized spacial score (nSPS) is 19.1. The van der Waals surface area contributed by atoms with Crippen molar-refractivity contribution >= 4 is 17.3 Å². The topological polar surface area (TPSA) is 50.2 Å². The van der Waals surface area contributed by atoms with Crippen molar-refractivity contribution in [3.05, 3.63) is 16.1 Å². The Morgan fingerprint density at radius 3 is 2.82 bits per heavy atom. The molecule has 94 valence electrons. The van der Waals surface area contributed by atoms with Crippen molar-refractivity contribution in [1.29, 1.82) is 0 Å². The number of rotatable bonds is 4. The molecule has 0 spiro atoms. The van der Waals surface area contributed by atoms with E-state index >= 15 is 0 Å². The van der Waals surface area contributed by atoms with Crippen LogP contribution in [0.15, 0.2) is 5.38 Å². The number of thiazole rings is 1. The number of aliphatic carboxylic acids is 1. The Kier molecular flexibility index (Phi) is 4.15. The lowest BCUT2D eigenvalue weighted by Crippen LogP contribution is -2.11. The van der Waals surface area contributed by atoms with Crippen molar-refractivity contribution in [2.24, 2.45) is 0 Å². The maximum Gasteiger partial charge on any atom is 0.313 e. The van der Waals surface area contributed by atoms with Crippen molar-refractivity contribution in [3.63, 3.8) is 0 Å². The molecule has 17 heavy (non-hydrogen) atoms. The predicted octanol–water partition coefficient (Wildman–Crippen LogP) is 3.77. The summed E-state index contributed by atoms with van der Waals surface area (Å²) < 4.78 is 0. The van der Waals surface area contributed by atoms with E-state index in [1.807, 2.05) is 6.92 Å². The lowest BCUT2D eigenvalue weighted by atomic mass is 9.87. The quantitative estimate of drug-likeness (QED) is 0.888. The molecular weight excluding hydrogens is 234 g/mol. The minimum absolute atomic E-state index is 0.419. The van der Waals surface area contributed by atoms with Gasteiger partial charge in [-0.25, -0.2) is 4.98 Å². The highest BCUT2D eigenvalue weighted by Gasteiger charge is 2.24. The second-order valence-electron chi connectivity index (χ2n) is 4.74. The van der Waals surface area contributed by atoms with Crippen LogP contribution >= 0.6 is 11.3 Å². The molecule has 1 atom stereocenters. The zero-order chi connectivity index (χ0) is 12.3. The molecule has 0 amide bonds. The monoisotopic (exact) mass is 253 g/mol. The summed E-state index contributed by atoms with van der Waals surface area (Å²) in [6.07, 6.45) is 6.95. The molecule has 0 bridgehead atoms. The van der Waals surface area contributed by atoms with E-state index in [1.54, 1.807) is 0 Å². The Morgan fingerprint density at radius 1 is 1.53 bits per heavy atom. The van der Waals surface area contributed by atoms with Crippen molar-refractivity contribution in [2.45, 2.75) is 57.3 Å². The Morgan fingerprint density at radius 2 is 2.24 bits per heavy atom. The van der Waals surface area contributed by atoms with Gasteiger partial charge < -0.3 is 5.11 Å². The van der Waals surface area contributed by atoms with Gasteiger partial charge in [0.05, 0.1) is 5.69 Å². The highest BCUT2D eigenvalue weighted by atomic mass is 32.1. The van der Waals surface area contributed by atoms with E-state index in [0.29, 0.717) is 12.3 Å². The molecule has 1 aromatic heterocycles. The molecule has 0 radical (unpaired) electrons. The van der Waals surface area contributed by atoms with Gasteiger partial charge in [-0.1, -0.05) is 26.2 Å². The lowest BCUT2D eigenvalue weighted by Gasteiger charge is -2.19. The molecule has 1 saturated carbocycles. The number of carbonyl (C=O) groups is 1. The Hall–Kier alpha value is -0.900. The van der Waals surface area contributed by atoms with Gasteiger partial charge >= 0.3 is 5.97 Å². The first-order valence-corrected chi connectivity index (χ1v) is 7.28. The third kappa shape index (κ3) is 2.86. The van der Waals surface area contributed by atoms with Crippen LogP contribution in [-0.2, 0) is 4.79 Å². The number of aromatic nitrogens is 1. The fraction of sp³-hybridized carbons (Fsp3) is 0.692. The largest absolute Gasteiger partial charge is 0.481 e. The van der Waals surface area contributed by atoms with Crippen LogP contribution in [0.1, 0.15) is 68.0 Å². The maximum atomic E-state index is 11.1. The van der Waals surface area contributed by atoms with Crippen molar-refractivity contribution < 1.29 is 9.90 Å². The highest BCUT2D eigenvalue weighted by molar-refractivity contribution is 7.09. The smallest absolute Gasteiger partial charge is 0.313 e. The number of carboxylic acid groups (broad SMARTS) is 1. The van der Waals surface area contributed by atoms with Crippen molar-refractivity contribution in [1.82, 2.24) is 4.98 Å². The zero-order valence-corrected chi connectivity index (χ0v) is 11.0. The van der Waals surface area contributed by atoms with E-state index < -0.39 is 11.9 Å². The van der Waals surface area contributed by atoms with E-state index in [1.165, 1.54) is 43.4 Å². The van der Waals surface area contributed by atoms with Gasteiger partial charge in [0.25, 0.3) is 0 Å². The summed E-state index contributed by atoms with van der Waals surface area (Å²) in [6, 6.07) is 0. The second kappa shape index (κ2) is 5.63. The van der Waals surface area contributed by atoms with Gasteiger partial charge in [-0.05, 0) is 19.3 Å². The molecule has 3 nitrogen and oxygen atoms in total. The minimum atomic E-state index is -0.753. The Balaban J connectivity index is 2.11. The van der Waals surface area contributed by atoms with Crippen LogP contribution in [0.4, 0.5) is 0 Å². The fourth-order valence-electron chi connectivity index (χ4n) is 2.50. The average molecular weight is 253 g/mol. The highest BCUT2D eigenvalue weighted by Crippen LogP contribution is 2.34. The lowest BCUT2D eigenvalue weighted by molar-refractivity contribution is -0.138. The first-order valence-electron chi connectivity index (χ1n) is 6.40. The molecule has 1 aliphatic rings. The first kappa shape index (κ1) is 12.6. The second-order valence-corrected chi connectivity index (χ2v) is 5.63. The van der Waals surface area contributed by atoms with E-state index in [0.717, 1.165) is 10.7 Å². The summed E-state index contributed by atoms with van der Waals surface area (Å²) in [5.74, 6) is -0.602. The zero-order valence-electron chi connectivity index (χ0n) is 10.2. The Bertz CT molecular complexity index is 383. The summed E-state index contributed by atoms with van der Waals surface area (Å²) in [5.41, 5.74) is 1.13. The summed E-state index contributed by atoms with van der Waals surface area (Å²) in [7, 11) is 0. The van der Waals surface area contributed by atoms with E-state index in [-0.39, 0.29) is 0 Å². The van der Waals surface area contributed by atoms with Crippen LogP contribution in [0.2, 0.25) is 0 Å². The third-order valence-electron chi connectivity index (χ3n) is 3.57. The van der Waals surface area contributed by atoms with Crippen molar-refractivity contribution in [2.75, 3.05) is 0 Å². The average Bonchev–Trinajstić information content (AvgIpc) is 2.80. The number of hydrogen-bond acceptors (Lipinski definition) is 3. The minimum Gasteiger partial charge on any atom is -0.481 e. The van der Waals surface area contributed by atoms with Gasteiger partial charge in [0.1, 0.15) is 10.9 Å². The summed E-state index contributed by atoms with van der Waals surface area (Å²) in [4.78, 5) is 15.6. The van der Waals surface area contributed by atoms with Crippen LogP contribution < -0.4 is 0 Å². The van der Waals surface area contributed by atoms with Crippen LogP contribution in [0.25, 0.3) is 0 Å². The molecule has 0 aromatic carbocycles. The van der Waals surface area contributed by atoms with Crippen LogP contribution in [0.3, 0.4) is 0 Å². The van der Waals surface area contributed by atoms with Gasteiger partial charge in [0, 0.05) is 11.3 Å². The number of carboxylic acids is 1. The molecule has 0 aliphatic heterocycles. The van der Waals surface area contributed by atoms with Gasteiger partial charge in [-0.15, -0.1) is 11.3 Å². The SMILES string of the molecule is CCC(C(=O)O)c1nc(C2CCCCC2)cs1. The molecule has 1 fully saturated rings. The molecule has 1 aliphatic carbocycles. The summed E-state index contributed by atoms with van der Waals surface area (Å²) >= 11 is 1.51.